The molecule has 3 rings (SSSR count). The molecule has 0 amide bonds. The molecule has 0 unspecified atom stereocenters. The number of methoxy groups -OCH3 is 3. The van der Waals surface area contributed by atoms with Gasteiger partial charge in [0.1, 0.15) is 18.1 Å². The molecule has 0 aliphatic carbocycles. The molecule has 0 aliphatic rings. The molecule has 21 heavy (non-hydrogen) atoms. The molecule has 2 heterocycles. The van der Waals surface area contributed by atoms with Gasteiger partial charge in [0.25, 0.3) is 0 Å². The van der Waals surface area contributed by atoms with Crippen LogP contribution >= 0.6 is 11.3 Å². The maximum Gasteiger partial charge on any atom is 0.235 e. The maximum atomic E-state index is 5.41. The summed E-state index contributed by atoms with van der Waals surface area (Å²) in [6, 6.07) is 5.61. The Hall–Kier alpha value is -2.19. The topological polar surface area (TPSA) is 70.8 Å². The van der Waals surface area contributed by atoms with Crippen LogP contribution in [-0.2, 0) is 11.3 Å². The molecule has 0 saturated heterocycles. The Kier molecular flexibility index (Phi) is 3.72. The van der Waals surface area contributed by atoms with Crippen molar-refractivity contribution in [3.05, 3.63) is 24.0 Å². The monoisotopic (exact) mass is 306 g/mol. The Bertz CT molecular complexity index is 768. The van der Waals surface area contributed by atoms with Crippen LogP contribution in [-0.4, -0.2) is 41.1 Å². The fourth-order valence-corrected chi connectivity index (χ4v) is 2.85. The van der Waals surface area contributed by atoms with Crippen molar-refractivity contribution in [2.24, 2.45) is 0 Å². The largest absolute Gasteiger partial charge is 0.497 e. The van der Waals surface area contributed by atoms with Gasteiger partial charge < -0.3 is 14.2 Å². The third-order valence-electron chi connectivity index (χ3n) is 2.97. The van der Waals surface area contributed by atoms with Crippen molar-refractivity contribution < 1.29 is 14.2 Å². The zero-order valence-electron chi connectivity index (χ0n) is 11.9. The van der Waals surface area contributed by atoms with Crippen LogP contribution in [0.15, 0.2) is 18.2 Å². The zero-order valence-corrected chi connectivity index (χ0v) is 12.7. The summed E-state index contributed by atoms with van der Waals surface area (Å²) < 4.78 is 17.4. The number of benzene rings is 1. The number of rotatable bonds is 5. The highest BCUT2D eigenvalue weighted by Gasteiger charge is 2.16. The highest BCUT2D eigenvalue weighted by atomic mass is 32.1. The van der Waals surface area contributed by atoms with Gasteiger partial charge in [-0.1, -0.05) is 11.3 Å². The highest BCUT2D eigenvalue weighted by molar-refractivity contribution is 7.19. The Labute approximate surface area is 125 Å². The number of hydrogen-bond acceptors (Lipinski definition) is 7. The van der Waals surface area contributed by atoms with E-state index in [0.29, 0.717) is 18.2 Å². The Morgan fingerprint density at radius 2 is 2.00 bits per heavy atom. The number of nitrogens with zero attached hydrogens (tertiary/aromatic N) is 4. The lowest BCUT2D eigenvalue weighted by Gasteiger charge is -2.07. The normalized spacial score (nSPS) is 11.0. The summed E-state index contributed by atoms with van der Waals surface area (Å²) in [5.74, 6) is 2.11. The smallest absolute Gasteiger partial charge is 0.235 e. The molecular weight excluding hydrogens is 292 g/mol. The summed E-state index contributed by atoms with van der Waals surface area (Å²) in [6.07, 6.45) is 0. The van der Waals surface area contributed by atoms with Crippen LogP contribution < -0.4 is 9.47 Å². The summed E-state index contributed by atoms with van der Waals surface area (Å²) in [6.45, 7) is 0.365. The average Bonchev–Trinajstić information content (AvgIpc) is 3.08. The lowest BCUT2D eigenvalue weighted by Crippen LogP contribution is -1.97. The molecule has 2 aromatic heterocycles. The zero-order chi connectivity index (χ0) is 14.8. The Morgan fingerprint density at radius 1 is 1.14 bits per heavy atom. The van der Waals surface area contributed by atoms with Gasteiger partial charge in [-0.3, -0.25) is 0 Å². The fraction of sp³-hybridized carbons (Fsp3) is 0.308. The van der Waals surface area contributed by atoms with Gasteiger partial charge in [-0.05, 0) is 12.1 Å². The van der Waals surface area contributed by atoms with Crippen LogP contribution in [0.1, 0.15) is 5.82 Å². The summed E-state index contributed by atoms with van der Waals surface area (Å²) in [5.41, 5.74) is 0.886. The lowest BCUT2D eigenvalue weighted by molar-refractivity contribution is 0.176. The first-order valence-corrected chi connectivity index (χ1v) is 7.01. The van der Waals surface area contributed by atoms with Crippen LogP contribution in [0.4, 0.5) is 0 Å². The highest BCUT2D eigenvalue weighted by Crippen LogP contribution is 2.35. The fourth-order valence-electron chi connectivity index (χ4n) is 1.96. The number of aromatic nitrogens is 4. The summed E-state index contributed by atoms with van der Waals surface area (Å²) in [5, 5.41) is 13.5. The third-order valence-corrected chi connectivity index (χ3v) is 3.90. The van der Waals surface area contributed by atoms with Crippen molar-refractivity contribution in [1.29, 1.82) is 0 Å². The lowest BCUT2D eigenvalue weighted by atomic mass is 10.2. The van der Waals surface area contributed by atoms with Crippen LogP contribution in [0.25, 0.3) is 15.5 Å². The summed E-state index contributed by atoms with van der Waals surface area (Å²) in [7, 11) is 4.85. The van der Waals surface area contributed by atoms with Crippen molar-refractivity contribution in [1.82, 2.24) is 19.8 Å². The van der Waals surface area contributed by atoms with E-state index in [2.05, 4.69) is 15.3 Å². The molecule has 0 saturated carbocycles. The van der Waals surface area contributed by atoms with Gasteiger partial charge in [0.2, 0.25) is 4.96 Å². The van der Waals surface area contributed by atoms with Gasteiger partial charge in [0.05, 0.1) is 19.8 Å². The van der Waals surface area contributed by atoms with Crippen LogP contribution in [0.2, 0.25) is 0 Å². The molecule has 110 valence electrons. The molecule has 1 aromatic carbocycles. The first kappa shape index (κ1) is 13.8. The van der Waals surface area contributed by atoms with E-state index in [0.717, 1.165) is 21.3 Å². The summed E-state index contributed by atoms with van der Waals surface area (Å²) >= 11 is 1.44. The molecule has 7 nitrogen and oxygen atoms in total. The van der Waals surface area contributed by atoms with Gasteiger partial charge in [0.15, 0.2) is 10.8 Å². The molecule has 0 spiro atoms. The van der Waals surface area contributed by atoms with Crippen LogP contribution in [0.5, 0.6) is 11.5 Å². The van der Waals surface area contributed by atoms with Crippen molar-refractivity contribution in [2.75, 3.05) is 21.3 Å². The minimum absolute atomic E-state index is 0.365. The quantitative estimate of drug-likeness (QED) is 0.718. The van der Waals surface area contributed by atoms with E-state index in [1.807, 2.05) is 18.2 Å². The first-order valence-electron chi connectivity index (χ1n) is 6.19. The summed E-state index contributed by atoms with van der Waals surface area (Å²) in [4.78, 5) is 0.718. The van der Waals surface area contributed by atoms with E-state index in [-0.39, 0.29) is 0 Å². The second-order valence-electron chi connectivity index (χ2n) is 4.22. The second-order valence-corrected chi connectivity index (χ2v) is 5.17. The molecule has 0 bridgehead atoms. The van der Waals surface area contributed by atoms with E-state index in [9.17, 15) is 0 Å². The van der Waals surface area contributed by atoms with E-state index in [1.165, 1.54) is 11.3 Å². The van der Waals surface area contributed by atoms with Crippen molar-refractivity contribution in [3.63, 3.8) is 0 Å². The van der Waals surface area contributed by atoms with E-state index >= 15 is 0 Å². The minimum Gasteiger partial charge on any atom is -0.497 e. The molecule has 0 fully saturated rings. The molecule has 0 radical (unpaired) electrons. The van der Waals surface area contributed by atoms with Gasteiger partial charge in [-0.2, -0.15) is 9.61 Å². The first-order chi connectivity index (χ1) is 10.3. The number of hydrogen-bond donors (Lipinski definition) is 0. The Balaban J connectivity index is 2.07. The predicted octanol–water partition coefficient (Wildman–Crippen LogP) is 2.02. The molecule has 8 heteroatoms. The maximum absolute atomic E-state index is 5.41. The van der Waals surface area contributed by atoms with E-state index < -0.39 is 0 Å². The molecular formula is C13H14N4O3S. The van der Waals surface area contributed by atoms with Gasteiger partial charge in [0, 0.05) is 13.2 Å². The van der Waals surface area contributed by atoms with Crippen molar-refractivity contribution in [2.45, 2.75) is 6.61 Å². The van der Waals surface area contributed by atoms with Crippen molar-refractivity contribution in [3.8, 4) is 22.1 Å². The van der Waals surface area contributed by atoms with Crippen molar-refractivity contribution >= 4 is 16.3 Å². The van der Waals surface area contributed by atoms with E-state index in [4.69, 9.17) is 14.2 Å². The van der Waals surface area contributed by atoms with Crippen LogP contribution in [0.3, 0.4) is 0 Å². The molecule has 0 aliphatic heterocycles. The van der Waals surface area contributed by atoms with Gasteiger partial charge in [-0.15, -0.1) is 10.2 Å². The second kappa shape index (κ2) is 5.66. The average molecular weight is 306 g/mol. The SMILES string of the molecule is COCc1nnc2sc(-c3ccc(OC)cc3OC)nn12. The minimum atomic E-state index is 0.365. The van der Waals surface area contributed by atoms with E-state index in [1.54, 1.807) is 25.8 Å². The number of ether oxygens (including phenoxy) is 3. The number of fused-ring (bicyclic) bond motifs is 1. The molecule has 0 atom stereocenters. The standard InChI is InChI=1S/C13H14N4O3S/c1-18-7-11-14-15-13-17(11)16-12(21-13)9-5-4-8(19-2)6-10(9)20-3/h4-6H,7H2,1-3H3. The third kappa shape index (κ3) is 2.43. The Morgan fingerprint density at radius 3 is 2.71 bits per heavy atom. The van der Waals surface area contributed by atoms with Crippen LogP contribution in [0, 0.1) is 0 Å². The molecule has 3 aromatic rings. The van der Waals surface area contributed by atoms with Gasteiger partial charge >= 0.3 is 0 Å². The molecule has 0 N–H and O–H groups in total. The predicted molar refractivity (Wildman–Crippen MR) is 77.9 cm³/mol. The van der Waals surface area contributed by atoms with Gasteiger partial charge in [-0.25, -0.2) is 0 Å².